The first-order valence-electron chi connectivity index (χ1n) is 5.88. The van der Waals surface area contributed by atoms with E-state index in [0.717, 1.165) is 11.3 Å². The zero-order valence-electron chi connectivity index (χ0n) is 9.51. The molecule has 0 radical (unpaired) electrons. The van der Waals surface area contributed by atoms with Gasteiger partial charge in [0, 0.05) is 10.8 Å². The predicted molar refractivity (Wildman–Crippen MR) is 64.7 cm³/mol. The Morgan fingerprint density at radius 2 is 2.20 bits per heavy atom. The lowest BCUT2D eigenvalue weighted by Gasteiger charge is -2.08. The summed E-state index contributed by atoms with van der Waals surface area (Å²) in [6.45, 7) is 4.11. The van der Waals surface area contributed by atoms with Crippen molar-refractivity contribution >= 4 is 17.1 Å². The highest BCUT2D eigenvalue weighted by Gasteiger charge is 2.19. The number of aryl methyl sites for hydroxylation is 2. The van der Waals surface area contributed by atoms with Crippen molar-refractivity contribution < 1.29 is 4.79 Å². The first-order chi connectivity index (χ1) is 7.22. The predicted octanol–water partition coefficient (Wildman–Crippen LogP) is 3.86. The molecule has 0 amide bonds. The fraction of sp³-hybridized carbons (Fsp3) is 0.615. The second kappa shape index (κ2) is 4.48. The van der Waals surface area contributed by atoms with Gasteiger partial charge in [-0.1, -0.05) is 13.8 Å². The van der Waals surface area contributed by atoms with Crippen LogP contribution in [0.5, 0.6) is 0 Å². The van der Waals surface area contributed by atoms with E-state index >= 15 is 0 Å². The molecule has 1 aliphatic carbocycles. The van der Waals surface area contributed by atoms with Crippen LogP contribution < -0.4 is 0 Å². The third kappa shape index (κ3) is 2.15. The molecular weight excluding hydrogens is 204 g/mol. The van der Waals surface area contributed by atoms with Gasteiger partial charge in [-0.25, -0.2) is 0 Å². The molecule has 0 spiro atoms. The van der Waals surface area contributed by atoms with Crippen molar-refractivity contribution in [3.8, 4) is 0 Å². The van der Waals surface area contributed by atoms with Gasteiger partial charge in [-0.2, -0.15) is 0 Å². The summed E-state index contributed by atoms with van der Waals surface area (Å²) in [6.07, 6.45) is 5.90. The maximum absolute atomic E-state index is 12.0. The fourth-order valence-electron chi connectivity index (χ4n) is 2.04. The van der Waals surface area contributed by atoms with Gasteiger partial charge in [0.05, 0.1) is 4.88 Å². The lowest BCUT2D eigenvalue weighted by atomic mass is 9.97. The summed E-state index contributed by atoms with van der Waals surface area (Å²) in [6, 6.07) is 2.15. The Kier molecular flexibility index (Phi) is 3.25. The Balaban J connectivity index is 2.22. The van der Waals surface area contributed by atoms with Crippen LogP contribution in [0.3, 0.4) is 0 Å². The van der Waals surface area contributed by atoms with E-state index in [1.165, 1.54) is 36.1 Å². The second-order valence-corrected chi connectivity index (χ2v) is 5.58. The summed E-state index contributed by atoms with van der Waals surface area (Å²) >= 11 is 1.74. The summed E-state index contributed by atoms with van der Waals surface area (Å²) in [5.74, 6) is 0.530. The largest absolute Gasteiger partial charge is 0.293 e. The fourth-order valence-corrected chi connectivity index (χ4v) is 3.35. The van der Waals surface area contributed by atoms with Crippen LogP contribution in [0.2, 0.25) is 0 Å². The molecule has 0 aliphatic heterocycles. The van der Waals surface area contributed by atoms with E-state index in [-0.39, 0.29) is 5.92 Å². The van der Waals surface area contributed by atoms with Crippen molar-refractivity contribution in [1.82, 2.24) is 0 Å². The number of ketones is 1. The summed E-state index contributed by atoms with van der Waals surface area (Å²) in [5, 5.41) is 0. The number of Topliss-reactive ketones (excluding diaryl/α,β-unsaturated/α-hetero) is 1. The topological polar surface area (TPSA) is 17.1 Å². The number of fused-ring (bicyclic) bond motifs is 1. The molecule has 1 aromatic heterocycles. The monoisotopic (exact) mass is 222 g/mol. The Labute approximate surface area is 95.5 Å². The molecule has 0 fully saturated rings. The number of carbonyl (C=O) groups is 1. The average Bonchev–Trinajstić information content (AvgIpc) is 2.70. The highest BCUT2D eigenvalue weighted by molar-refractivity contribution is 7.14. The lowest BCUT2D eigenvalue weighted by molar-refractivity contribution is 0.0931. The quantitative estimate of drug-likeness (QED) is 0.710. The minimum atomic E-state index is 0.185. The number of hydrogen-bond acceptors (Lipinski definition) is 2. The van der Waals surface area contributed by atoms with Crippen LogP contribution in [0.1, 0.15) is 53.2 Å². The third-order valence-electron chi connectivity index (χ3n) is 3.30. The van der Waals surface area contributed by atoms with Crippen LogP contribution in [-0.4, -0.2) is 5.78 Å². The summed E-state index contributed by atoms with van der Waals surface area (Å²) in [5.41, 5.74) is 1.44. The Morgan fingerprint density at radius 3 is 2.87 bits per heavy atom. The highest BCUT2D eigenvalue weighted by Crippen LogP contribution is 2.31. The molecule has 1 aliphatic rings. The van der Waals surface area contributed by atoms with Crippen molar-refractivity contribution in [2.75, 3.05) is 0 Å². The van der Waals surface area contributed by atoms with Gasteiger partial charge in [-0.3, -0.25) is 4.79 Å². The van der Waals surface area contributed by atoms with Crippen LogP contribution in [0, 0.1) is 5.92 Å². The molecule has 1 heterocycles. The zero-order chi connectivity index (χ0) is 10.8. The smallest absolute Gasteiger partial charge is 0.175 e. The Morgan fingerprint density at radius 1 is 1.47 bits per heavy atom. The SMILES string of the molecule is CCC(C)C(=O)c1cc2c(s1)CCCC2. The van der Waals surface area contributed by atoms with Crippen LogP contribution in [-0.2, 0) is 12.8 Å². The zero-order valence-corrected chi connectivity index (χ0v) is 10.3. The second-order valence-electron chi connectivity index (χ2n) is 4.44. The van der Waals surface area contributed by atoms with E-state index in [9.17, 15) is 4.79 Å². The summed E-state index contributed by atoms with van der Waals surface area (Å²) in [7, 11) is 0. The molecule has 0 saturated heterocycles. The molecule has 0 saturated carbocycles. The summed E-state index contributed by atoms with van der Waals surface area (Å²) < 4.78 is 0. The average molecular weight is 222 g/mol. The third-order valence-corrected chi connectivity index (χ3v) is 4.55. The molecule has 0 aromatic carbocycles. The van der Waals surface area contributed by atoms with Crippen LogP contribution in [0.4, 0.5) is 0 Å². The molecule has 0 N–H and O–H groups in total. The first kappa shape index (κ1) is 10.9. The van der Waals surface area contributed by atoms with Gasteiger partial charge in [-0.15, -0.1) is 11.3 Å². The molecule has 2 heteroatoms. The van der Waals surface area contributed by atoms with Crippen LogP contribution >= 0.6 is 11.3 Å². The number of hydrogen-bond donors (Lipinski definition) is 0. The van der Waals surface area contributed by atoms with E-state index < -0.39 is 0 Å². The Hall–Kier alpha value is -0.630. The van der Waals surface area contributed by atoms with Crippen molar-refractivity contribution in [3.05, 3.63) is 21.4 Å². The van der Waals surface area contributed by atoms with Gasteiger partial charge in [-0.05, 0) is 43.7 Å². The number of thiophene rings is 1. The van der Waals surface area contributed by atoms with E-state index in [4.69, 9.17) is 0 Å². The molecule has 1 aromatic rings. The molecule has 82 valence electrons. The molecule has 1 atom stereocenters. The van der Waals surface area contributed by atoms with Crippen molar-refractivity contribution in [2.45, 2.75) is 46.0 Å². The van der Waals surface area contributed by atoms with E-state index in [1.807, 2.05) is 6.92 Å². The minimum absolute atomic E-state index is 0.185. The number of rotatable bonds is 3. The molecule has 1 unspecified atom stereocenters. The highest BCUT2D eigenvalue weighted by atomic mass is 32.1. The van der Waals surface area contributed by atoms with Gasteiger partial charge in [0.1, 0.15) is 0 Å². The van der Waals surface area contributed by atoms with Crippen LogP contribution in [0.25, 0.3) is 0 Å². The maximum Gasteiger partial charge on any atom is 0.175 e. The molecule has 2 rings (SSSR count). The van der Waals surface area contributed by atoms with E-state index in [1.54, 1.807) is 11.3 Å². The maximum atomic E-state index is 12.0. The lowest BCUT2D eigenvalue weighted by Crippen LogP contribution is -2.08. The minimum Gasteiger partial charge on any atom is -0.293 e. The van der Waals surface area contributed by atoms with Gasteiger partial charge >= 0.3 is 0 Å². The van der Waals surface area contributed by atoms with Crippen molar-refractivity contribution in [3.63, 3.8) is 0 Å². The Bertz CT molecular complexity index is 341. The standard InChI is InChI=1S/C13H18OS/c1-3-9(2)13(14)12-8-10-6-4-5-7-11(10)15-12/h8-9H,3-7H2,1-2H3. The number of carbonyl (C=O) groups excluding carboxylic acids is 1. The molecule has 1 nitrogen and oxygen atoms in total. The van der Waals surface area contributed by atoms with E-state index in [2.05, 4.69) is 13.0 Å². The molecule has 0 bridgehead atoms. The molecular formula is C13H18OS. The van der Waals surface area contributed by atoms with Crippen molar-refractivity contribution in [2.24, 2.45) is 5.92 Å². The summed E-state index contributed by atoms with van der Waals surface area (Å²) in [4.78, 5) is 14.5. The van der Waals surface area contributed by atoms with Gasteiger partial charge in [0.2, 0.25) is 0 Å². The van der Waals surface area contributed by atoms with Gasteiger partial charge in [0.15, 0.2) is 5.78 Å². The normalized spacial score (nSPS) is 17.2. The van der Waals surface area contributed by atoms with Crippen molar-refractivity contribution in [1.29, 1.82) is 0 Å². The molecule has 15 heavy (non-hydrogen) atoms. The van der Waals surface area contributed by atoms with Crippen LogP contribution in [0.15, 0.2) is 6.07 Å². The van der Waals surface area contributed by atoms with Gasteiger partial charge < -0.3 is 0 Å². The van der Waals surface area contributed by atoms with E-state index in [0.29, 0.717) is 5.78 Å². The van der Waals surface area contributed by atoms with Gasteiger partial charge in [0.25, 0.3) is 0 Å². The first-order valence-corrected chi connectivity index (χ1v) is 6.69.